The van der Waals surface area contributed by atoms with Gasteiger partial charge in [-0.15, -0.1) is 11.6 Å². The van der Waals surface area contributed by atoms with E-state index in [2.05, 4.69) is 20.9 Å². The number of pyridine rings is 1. The Morgan fingerprint density at radius 1 is 1.22 bits per heavy atom. The van der Waals surface area contributed by atoms with E-state index in [1.54, 1.807) is 12.4 Å². The van der Waals surface area contributed by atoms with Crippen molar-refractivity contribution < 1.29 is 4.74 Å². The zero-order chi connectivity index (χ0) is 13.0. The summed E-state index contributed by atoms with van der Waals surface area (Å²) in [6, 6.07) is 7.55. The van der Waals surface area contributed by atoms with Crippen LogP contribution in [0.2, 0.25) is 5.02 Å². The Balaban J connectivity index is 2.09. The molecule has 2 nitrogen and oxygen atoms in total. The number of rotatable bonds is 4. The van der Waals surface area contributed by atoms with Crippen molar-refractivity contribution in [1.29, 1.82) is 0 Å². The van der Waals surface area contributed by atoms with Crippen molar-refractivity contribution in [2.75, 3.05) is 0 Å². The zero-order valence-electron chi connectivity index (χ0n) is 9.37. The van der Waals surface area contributed by atoms with Crippen LogP contribution in [0.15, 0.2) is 41.1 Å². The average Bonchev–Trinajstić information content (AvgIpc) is 2.39. The van der Waals surface area contributed by atoms with Crippen molar-refractivity contribution in [2.45, 2.75) is 12.5 Å². The summed E-state index contributed by atoms with van der Waals surface area (Å²) in [6.07, 6.45) is 3.29. The predicted molar refractivity (Wildman–Crippen MR) is 77.3 cm³/mol. The lowest BCUT2D eigenvalue weighted by molar-refractivity contribution is 0.306. The van der Waals surface area contributed by atoms with E-state index in [0.717, 1.165) is 21.3 Å². The van der Waals surface area contributed by atoms with E-state index in [0.29, 0.717) is 17.5 Å². The van der Waals surface area contributed by atoms with Crippen LogP contribution in [0, 0.1) is 0 Å². The lowest BCUT2D eigenvalue weighted by Gasteiger charge is -2.09. The molecule has 0 bridgehead atoms. The third-order valence-electron chi connectivity index (χ3n) is 2.41. The molecule has 0 saturated carbocycles. The molecule has 5 heteroatoms. The fraction of sp³-hybridized carbons (Fsp3) is 0.154. The van der Waals surface area contributed by atoms with Gasteiger partial charge in [0.2, 0.25) is 0 Å². The number of hydrogen-bond donors (Lipinski definition) is 0. The molecule has 0 N–H and O–H groups in total. The molecule has 0 unspecified atom stereocenters. The fourth-order valence-electron chi connectivity index (χ4n) is 1.43. The largest absolute Gasteiger partial charge is 0.489 e. The topological polar surface area (TPSA) is 22.1 Å². The second kappa shape index (κ2) is 6.41. The lowest BCUT2D eigenvalue weighted by atomic mass is 10.2. The van der Waals surface area contributed by atoms with Gasteiger partial charge in [0.15, 0.2) is 0 Å². The Morgan fingerprint density at radius 2 is 2.06 bits per heavy atom. The molecule has 2 rings (SSSR count). The van der Waals surface area contributed by atoms with E-state index in [9.17, 15) is 0 Å². The van der Waals surface area contributed by atoms with Gasteiger partial charge in [-0.25, -0.2) is 0 Å². The van der Waals surface area contributed by atoms with Crippen molar-refractivity contribution in [1.82, 2.24) is 4.98 Å². The van der Waals surface area contributed by atoms with Crippen LogP contribution in [-0.2, 0) is 12.5 Å². The molecule has 1 heterocycles. The maximum absolute atomic E-state index is 6.00. The highest BCUT2D eigenvalue weighted by atomic mass is 79.9. The maximum Gasteiger partial charge on any atom is 0.120 e. The fourth-order valence-corrected chi connectivity index (χ4v) is 2.37. The number of benzene rings is 1. The number of aromatic nitrogens is 1. The van der Waals surface area contributed by atoms with E-state index < -0.39 is 0 Å². The van der Waals surface area contributed by atoms with Gasteiger partial charge in [0, 0.05) is 28.3 Å². The molecule has 1 aromatic carbocycles. The second-order valence-corrected chi connectivity index (χ2v) is 5.17. The summed E-state index contributed by atoms with van der Waals surface area (Å²) in [5, 5.41) is 0.604. The van der Waals surface area contributed by atoms with Crippen molar-refractivity contribution >= 4 is 39.1 Å². The maximum atomic E-state index is 6.00. The summed E-state index contributed by atoms with van der Waals surface area (Å²) in [4.78, 5) is 3.93. The normalized spacial score (nSPS) is 10.4. The third-order valence-corrected chi connectivity index (χ3v) is 3.81. The predicted octanol–water partition coefficient (Wildman–Crippen LogP) is 4.82. The molecule has 2 aromatic rings. The molecular weight excluding hydrogens is 337 g/mol. The van der Waals surface area contributed by atoms with Crippen molar-refractivity contribution in [3.8, 4) is 5.75 Å². The number of alkyl halides is 1. The Bertz CT molecular complexity index is 548. The highest BCUT2D eigenvalue weighted by Crippen LogP contribution is 2.25. The van der Waals surface area contributed by atoms with Gasteiger partial charge < -0.3 is 4.74 Å². The third kappa shape index (κ3) is 3.37. The first-order valence-electron chi connectivity index (χ1n) is 5.26. The van der Waals surface area contributed by atoms with E-state index in [-0.39, 0.29) is 0 Å². The molecule has 0 aliphatic heterocycles. The second-order valence-electron chi connectivity index (χ2n) is 3.64. The van der Waals surface area contributed by atoms with E-state index in [1.807, 2.05) is 24.3 Å². The Kier molecular flexibility index (Phi) is 4.87. The van der Waals surface area contributed by atoms with Crippen LogP contribution >= 0.6 is 39.1 Å². The summed E-state index contributed by atoms with van der Waals surface area (Å²) in [6.45, 7) is 0.407. The molecule has 0 fully saturated rings. The zero-order valence-corrected chi connectivity index (χ0v) is 12.5. The molecular formula is C13H10BrCl2NO. The number of ether oxygens (including phenoxy) is 1. The van der Waals surface area contributed by atoms with Crippen LogP contribution in [-0.4, -0.2) is 4.98 Å². The molecule has 18 heavy (non-hydrogen) atoms. The van der Waals surface area contributed by atoms with Gasteiger partial charge in [0.1, 0.15) is 12.4 Å². The Hall–Kier alpha value is -0.770. The highest BCUT2D eigenvalue weighted by Gasteiger charge is 2.04. The summed E-state index contributed by atoms with van der Waals surface area (Å²) in [7, 11) is 0. The summed E-state index contributed by atoms with van der Waals surface area (Å²) >= 11 is 15.3. The van der Waals surface area contributed by atoms with Crippen LogP contribution in [0.1, 0.15) is 11.1 Å². The first-order chi connectivity index (χ1) is 8.70. The Morgan fingerprint density at radius 3 is 2.78 bits per heavy atom. The lowest BCUT2D eigenvalue weighted by Crippen LogP contribution is -1.97. The van der Waals surface area contributed by atoms with Gasteiger partial charge in [-0.3, -0.25) is 4.98 Å². The van der Waals surface area contributed by atoms with E-state index in [4.69, 9.17) is 27.9 Å². The summed E-state index contributed by atoms with van der Waals surface area (Å²) in [5.41, 5.74) is 1.90. The van der Waals surface area contributed by atoms with Gasteiger partial charge in [0.25, 0.3) is 0 Å². The standard InChI is InChI=1S/C13H10BrCl2NO/c14-12-2-1-11(5-10(12)6-15)18-8-9-3-4-17-7-13(9)16/h1-5,7H,6,8H2. The van der Waals surface area contributed by atoms with Crippen LogP contribution in [0.5, 0.6) is 5.75 Å². The van der Waals surface area contributed by atoms with Crippen LogP contribution in [0.3, 0.4) is 0 Å². The molecule has 0 radical (unpaired) electrons. The molecule has 1 aromatic heterocycles. The van der Waals surface area contributed by atoms with Gasteiger partial charge in [-0.1, -0.05) is 27.5 Å². The number of halogens is 3. The first-order valence-corrected chi connectivity index (χ1v) is 6.97. The Labute approximate surface area is 124 Å². The monoisotopic (exact) mass is 345 g/mol. The highest BCUT2D eigenvalue weighted by molar-refractivity contribution is 9.10. The van der Waals surface area contributed by atoms with Crippen molar-refractivity contribution in [2.24, 2.45) is 0 Å². The average molecular weight is 347 g/mol. The minimum Gasteiger partial charge on any atom is -0.489 e. The van der Waals surface area contributed by atoms with Crippen molar-refractivity contribution in [3.63, 3.8) is 0 Å². The van der Waals surface area contributed by atoms with Crippen LogP contribution in [0.25, 0.3) is 0 Å². The van der Waals surface area contributed by atoms with E-state index >= 15 is 0 Å². The number of hydrogen-bond acceptors (Lipinski definition) is 2. The van der Waals surface area contributed by atoms with Crippen LogP contribution in [0.4, 0.5) is 0 Å². The summed E-state index contributed by atoms with van der Waals surface area (Å²) in [5.74, 6) is 1.20. The summed E-state index contributed by atoms with van der Waals surface area (Å²) < 4.78 is 6.66. The van der Waals surface area contributed by atoms with Crippen molar-refractivity contribution in [3.05, 3.63) is 57.3 Å². The SMILES string of the molecule is ClCc1cc(OCc2ccncc2Cl)ccc1Br. The molecule has 0 atom stereocenters. The van der Waals surface area contributed by atoms with Gasteiger partial charge in [0.05, 0.1) is 5.02 Å². The van der Waals surface area contributed by atoms with Gasteiger partial charge in [-0.05, 0) is 29.8 Å². The molecule has 0 amide bonds. The molecule has 94 valence electrons. The minimum absolute atomic E-state index is 0.407. The van der Waals surface area contributed by atoms with E-state index in [1.165, 1.54) is 0 Å². The molecule has 0 aliphatic rings. The minimum atomic E-state index is 0.407. The quantitative estimate of drug-likeness (QED) is 0.741. The molecule has 0 spiro atoms. The molecule has 0 aliphatic carbocycles. The first kappa shape index (κ1) is 13.7. The number of nitrogens with zero attached hydrogens (tertiary/aromatic N) is 1. The van der Waals surface area contributed by atoms with Gasteiger partial charge in [-0.2, -0.15) is 0 Å². The smallest absolute Gasteiger partial charge is 0.120 e. The van der Waals surface area contributed by atoms with Gasteiger partial charge >= 0.3 is 0 Å². The van der Waals surface area contributed by atoms with Crippen LogP contribution < -0.4 is 4.74 Å². The molecule has 0 saturated heterocycles.